The van der Waals surface area contributed by atoms with Crippen LogP contribution in [0.5, 0.6) is 0 Å². The summed E-state index contributed by atoms with van der Waals surface area (Å²) in [6, 6.07) is 6.23. The minimum Gasteiger partial charge on any atom is -0.467 e. The van der Waals surface area contributed by atoms with E-state index in [9.17, 15) is 14.3 Å². The molecule has 0 amide bonds. The molecule has 0 aliphatic carbocycles. The van der Waals surface area contributed by atoms with Crippen LogP contribution in [0.25, 0.3) is 0 Å². The van der Waals surface area contributed by atoms with Crippen LogP contribution in [0.1, 0.15) is 24.0 Å². The molecule has 1 aromatic carbocycles. The molecule has 22 heavy (non-hydrogen) atoms. The average Bonchev–Trinajstić information content (AvgIpc) is 2.55. The van der Waals surface area contributed by atoms with Gasteiger partial charge in [0.15, 0.2) is 6.10 Å². The monoisotopic (exact) mass is 306 g/mol. The van der Waals surface area contributed by atoms with Crippen LogP contribution in [0.15, 0.2) is 18.2 Å². The van der Waals surface area contributed by atoms with Crippen LogP contribution in [0, 0.1) is 23.1 Å². The number of piperidine rings is 1. The third kappa shape index (κ3) is 3.81. The summed E-state index contributed by atoms with van der Waals surface area (Å²) in [4.78, 5) is 13.5. The van der Waals surface area contributed by atoms with Gasteiger partial charge < -0.3 is 9.84 Å². The first-order chi connectivity index (χ1) is 10.5. The molecule has 0 radical (unpaired) electrons. The van der Waals surface area contributed by atoms with Crippen molar-refractivity contribution in [1.29, 1.82) is 5.26 Å². The number of likely N-dealkylation sites (tertiary alicyclic amines) is 1. The predicted octanol–water partition coefficient (Wildman–Crippen LogP) is 1.44. The van der Waals surface area contributed by atoms with Crippen LogP contribution in [-0.2, 0) is 16.1 Å². The molecule has 1 aromatic rings. The van der Waals surface area contributed by atoms with E-state index in [-0.39, 0.29) is 5.92 Å². The van der Waals surface area contributed by atoms with Crippen LogP contribution in [-0.4, -0.2) is 42.3 Å². The van der Waals surface area contributed by atoms with E-state index >= 15 is 0 Å². The van der Waals surface area contributed by atoms with Gasteiger partial charge in [-0.3, -0.25) is 4.90 Å². The second-order valence-corrected chi connectivity index (χ2v) is 5.49. The molecular weight excluding hydrogens is 287 g/mol. The summed E-state index contributed by atoms with van der Waals surface area (Å²) in [7, 11) is 1.26. The van der Waals surface area contributed by atoms with Gasteiger partial charge in [0.1, 0.15) is 5.82 Å². The number of aliphatic hydroxyl groups is 1. The summed E-state index contributed by atoms with van der Waals surface area (Å²) >= 11 is 0. The lowest BCUT2D eigenvalue weighted by atomic mass is 9.91. The molecule has 1 aliphatic rings. The van der Waals surface area contributed by atoms with Crippen molar-refractivity contribution >= 4 is 5.97 Å². The van der Waals surface area contributed by atoms with Gasteiger partial charge in [-0.25, -0.2) is 9.18 Å². The third-order valence-corrected chi connectivity index (χ3v) is 4.11. The molecular formula is C16H19FN2O3. The van der Waals surface area contributed by atoms with Crippen LogP contribution in [0.4, 0.5) is 4.39 Å². The highest BCUT2D eigenvalue weighted by Gasteiger charge is 2.30. The fraction of sp³-hybridized carbons (Fsp3) is 0.500. The first-order valence-corrected chi connectivity index (χ1v) is 7.22. The van der Waals surface area contributed by atoms with E-state index in [0.717, 1.165) is 5.56 Å². The summed E-state index contributed by atoms with van der Waals surface area (Å²) < 4.78 is 17.7. The van der Waals surface area contributed by atoms with Crippen molar-refractivity contribution in [2.45, 2.75) is 25.5 Å². The number of nitrogens with zero attached hydrogens (tertiary/aromatic N) is 2. The Balaban J connectivity index is 1.93. The number of carbonyl (C=O) groups excluding carboxylic acids is 1. The zero-order chi connectivity index (χ0) is 16.1. The van der Waals surface area contributed by atoms with E-state index in [0.29, 0.717) is 38.0 Å². The molecule has 1 fully saturated rings. The van der Waals surface area contributed by atoms with Crippen LogP contribution < -0.4 is 0 Å². The number of hydrogen-bond donors (Lipinski definition) is 1. The van der Waals surface area contributed by atoms with Crippen molar-refractivity contribution in [2.24, 2.45) is 5.92 Å². The summed E-state index contributed by atoms with van der Waals surface area (Å²) in [6.45, 7) is 1.98. The lowest BCUT2D eigenvalue weighted by Crippen LogP contribution is -2.40. The minimum absolute atomic E-state index is 0.104. The number of rotatable bonds is 4. The van der Waals surface area contributed by atoms with E-state index < -0.39 is 17.9 Å². The molecule has 0 saturated carbocycles. The molecule has 5 nitrogen and oxygen atoms in total. The van der Waals surface area contributed by atoms with Crippen molar-refractivity contribution in [3.63, 3.8) is 0 Å². The molecule has 0 spiro atoms. The number of benzene rings is 1. The number of methoxy groups -OCH3 is 1. The van der Waals surface area contributed by atoms with Gasteiger partial charge in [-0.2, -0.15) is 5.26 Å². The van der Waals surface area contributed by atoms with Gasteiger partial charge in [0.05, 0.1) is 18.7 Å². The Morgan fingerprint density at radius 1 is 1.55 bits per heavy atom. The number of nitriles is 1. The fourth-order valence-corrected chi connectivity index (χ4v) is 2.77. The summed E-state index contributed by atoms with van der Waals surface area (Å²) in [5, 5.41) is 18.9. The Morgan fingerprint density at radius 3 is 2.82 bits per heavy atom. The lowest BCUT2D eigenvalue weighted by Gasteiger charge is -2.33. The Bertz CT molecular complexity index is 577. The molecule has 2 rings (SSSR count). The number of ether oxygens (including phenoxy) is 1. The molecule has 0 aromatic heterocycles. The average molecular weight is 306 g/mol. The van der Waals surface area contributed by atoms with Crippen molar-refractivity contribution in [2.75, 3.05) is 20.2 Å². The number of esters is 1. The standard InChI is InChI=1S/C16H19FN2O3/c1-22-16(21)15(20)11-4-6-19(7-5-11)10-12-2-3-14(17)8-13(12)9-18/h2-3,8,11,15,20H,4-7,10H2,1H3/t15-/m1/s1. The molecule has 1 atom stereocenters. The highest BCUT2D eigenvalue weighted by molar-refractivity contribution is 5.74. The van der Waals surface area contributed by atoms with Gasteiger partial charge in [-0.05, 0) is 49.5 Å². The summed E-state index contributed by atoms with van der Waals surface area (Å²) in [5.41, 5.74) is 1.13. The molecule has 118 valence electrons. The van der Waals surface area contributed by atoms with Gasteiger partial charge in [-0.15, -0.1) is 0 Å². The molecule has 6 heteroatoms. The van der Waals surface area contributed by atoms with Crippen LogP contribution >= 0.6 is 0 Å². The van der Waals surface area contributed by atoms with Gasteiger partial charge >= 0.3 is 5.97 Å². The smallest absolute Gasteiger partial charge is 0.334 e. The van der Waals surface area contributed by atoms with E-state index in [1.54, 1.807) is 6.07 Å². The second-order valence-electron chi connectivity index (χ2n) is 5.49. The maximum absolute atomic E-state index is 13.1. The number of aliphatic hydroxyl groups excluding tert-OH is 1. The van der Waals surface area contributed by atoms with Gasteiger partial charge in [0.25, 0.3) is 0 Å². The van der Waals surface area contributed by atoms with Gasteiger partial charge in [0.2, 0.25) is 0 Å². The Kier molecular flexibility index (Phi) is 5.47. The van der Waals surface area contributed by atoms with Crippen molar-refractivity contribution < 1.29 is 19.0 Å². The summed E-state index contributed by atoms with van der Waals surface area (Å²) in [5.74, 6) is -1.11. The van der Waals surface area contributed by atoms with E-state index in [4.69, 9.17) is 5.26 Å². The minimum atomic E-state index is -1.08. The Hall–Kier alpha value is -1.97. The van der Waals surface area contributed by atoms with E-state index in [1.165, 1.54) is 19.2 Å². The van der Waals surface area contributed by atoms with E-state index in [1.807, 2.05) is 6.07 Å². The molecule has 0 bridgehead atoms. The van der Waals surface area contributed by atoms with Crippen LogP contribution in [0.2, 0.25) is 0 Å². The molecule has 1 heterocycles. The Labute approximate surface area is 128 Å². The number of halogens is 1. The molecule has 0 unspecified atom stereocenters. The zero-order valence-corrected chi connectivity index (χ0v) is 12.5. The van der Waals surface area contributed by atoms with Crippen molar-refractivity contribution in [1.82, 2.24) is 4.90 Å². The van der Waals surface area contributed by atoms with E-state index in [2.05, 4.69) is 9.64 Å². The predicted molar refractivity (Wildman–Crippen MR) is 77.1 cm³/mol. The van der Waals surface area contributed by atoms with Gasteiger partial charge in [0, 0.05) is 6.54 Å². The SMILES string of the molecule is COC(=O)[C@H](O)C1CCN(Cc2ccc(F)cc2C#N)CC1. The quantitative estimate of drug-likeness (QED) is 0.852. The molecule has 1 saturated heterocycles. The lowest BCUT2D eigenvalue weighted by molar-refractivity contribution is -0.154. The zero-order valence-electron chi connectivity index (χ0n) is 12.5. The molecule has 1 N–H and O–H groups in total. The Morgan fingerprint density at radius 2 is 2.23 bits per heavy atom. The summed E-state index contributed by atoms with van der Waals surface area (Å²) in [6.07, 6.45) is 0.284. The highest BCUT2D eigenvalue weighted by atomic mass is 19.1. The normalized spacial score (nSPS) is 17.7. The number of carbonyl (C=O) groups is 1. The maximum Gasteiger partial charge on any atom is 0.334 e. The van der Waals surface area contributed by atoms with Crippen molar-refractivity contribution in [3.05, 3.63) is 35.1 Å². The number of hydrogen-bond acceptors (Lipinski definition) is 5. The van der Waals surface area contributed by atoms with Gasteiger partial charge in [-0.1, -0.05) is 6.07 Å². The molecule has 1 aliphatic heterocycles. The largest absolute Gasteiger partial charge is 0.467 e. The maximum atomic E-state index is 13.1. The second kappa shape index (κ2) is 7.34. The third-order valence-electron chi connectivity index (χ3n) is 4.11. The highest BCUT2D eigenvalue weighted by Crippen LogP contribution is 2.23. The first kappa shape index (κ1) is 16.4. The van der Waals surface area contributed by atoms with Crippen LogP contribution in [0.3, 0.4) is 0 Å². The fourth-order valence-electron chi connectivity index (χ4n) is 2.77. The first-order valence-electron chi connectivity index (χ1n) is 7.22. The van der Waals surface area contributed by atoms with Crippen molar-refractivity contribution in [3.8, 4) is 6.07 Å². The topological polar surface area (TPSA) is 73.6 Å².